The molecule has 0 saturated heterocycles. The fraction of sp³-hybridized carbons (Fsp3) is 0.538. The minimum atomic E-state index is 0.481. The van der Waals surface area contributed by atoms with Crippen molar-refractivity contribution in [2.75, 3.05) is 19.8 Å². The molecule has 0 unspecified atom stereocenters. The molecule has 1 rings (SSSR count). The summed E-state index contributed by atoms with van der Waals surface area (Å²) in [6.45, 7) is 6.13. The van der Waals surface area contributed by atoms with Crippen LogP contribution in [0.2, 0.25) is 0 Å². The molecule has 0 heterocycles. The summed E-state index contributed by atoms with van der Waals surface area (Å²) in [7, 11) is 0. The van der Waals surface area contributed by atoms with Gasteiger partial charge in [-0.05, 0) is 55.5 Å². The molecule has 0 aromatic heterocycles. The molecule has 5 heteroatoms. The summed E-state index contributed by atoms with van der Waals surface area (Å²) >= 11 is 12.7. The maximum Gasteiger partial charge on any atom is 0.147 e. The fourth-order valence-corrected chi connectivity index (χ4v) is 3.01. The van der Waals surface area contributed by atoms with Crippen LogP contribution in [-0.4, -0.2) is 19.8 Å². The van der Waals surface area contributed by atoms with Crippen molar-refractivity contribution in [2.45, 2.75) is 19.7 Å². The third kappa shape index (κ3) is 5.47. The van der Waals surface area contributed by atoms with Gasteiger partial charge in [0.1, 0.15) is 12.4 Å². The lowest BCUT2D eigenvalue weighted by molar-refractivity contribution is 0.0815. The van der Waals surface area contributed by atoms with Gasteiger partial charge >= 0.3 is 0 Å². The van der Waals surface area contributed by atoms with Gasteiger partial charge in [-0.2, -0.15) is 0 Å². The monoisotopic (exact) mass is 398 g/mol. The van der Waals surface area contributed by atoms with E-state index in [1.54, 1.807) is 0 Å². The molecule has 0 aliphatic carbocycles. The van der Waals surface area contributed by atoms with Crippen molar-refractivity contribution in [3.63, 3.8) is 0 Å². The molecule has 0 atom stereocenters. The highest BCUT2D eigenvalue weighted by Crippen LogP contribution is 2.35. The molecule has 0 aliphatic heterocycles. The van der Waals surface area contributed by atoms with E-state index in [-0.39, 0.29) is 0 Å². The Labute approximate surface area is 130 Å². The van der Waals surface area contributed by atoms with E-state index in [0.717, 1.165) is 26.9 Å². The lowest BCUT2D eigenvalue weighted by atomic mass is 10.2. The molecule has 1 aromatic carbocycles. The lowest BCUT2D eigenvalue weighted by Gasteiger charge is -2.12. The van der Waals surface area contributed by atoms with Crippen LogP contribution in [0, 0.1) is 5.92 Å². The molecular weight excluding hydrogens is 383 g/mol. The van der Waals surface area contributed by atoms with E-state index < -0.39 is 0 Å². The highest BCUT2D eigenvalue weighted by atomic mass is 79.9. The number of hydrogen-bond acceptors (Lipinski definition) is 2. The first-order chi connectivity index (χ1) is 8.54. The van der Waals surface area contributed by atoms with Gasteiger partial charge < -0.3 is 9.47 Å². The van der Waals surface area contributed by atoms with Crippen molar-refractivity contribution in [2.24, 2.45) is 5.92 Å². The van der Waals surface area contributed by atoms with Gasteiger partial charge in [-0.15, -0.1) is 11.6 Å². The van der Waals surface area contributed by atoms with Crippen LogP contribution in [0.4, 0.5) is 0 Å². The van der Waals surface area contributed by atoms with E-state index >= 15 is 0 Å². The molecule has 0 aliphatic rings. The van der Waals surface area contributed by atoms with Crippen molar-refractivity contribution in [1.29, 1.82) is 0 Å². The van der Waals surface area contributed by atoms with E-state index in [0.29, 0.717) is 25.0 Å². The predicted octanol–water partition coefficient (Wildman–Crippen LogP) is 5.00. The molecule has 2 nitrogen and oxygen atoms in total. The maximum atomic E-state index is 5.80. The van der Waals surface area contributed by atoms with E-state index in [9.17, 15) is 0 Å². The van der Waals surface area contributed by atoms with Crippen LogP contribution in [0.3, 0.4) is 0 Å². The van der Waals surface area contributed by atoms with E-state index in [1.807, 2.05) is 12.1 Å². The number of rotatable bonds is 7. The molecule has 0 radical (unpaired) electrons. The third-order valence-corrected chi connectivity index (χ3v) is 3.62. The van der Waals surface area contributed by atoms with Crippen LogP contribution in [0.15, 0.2) is 21.1 Å². The van der Waals surface area contributed by atoms with Crippen LogP contribution in [0.25, 0.3) is 0 Å². The summed E-state index contributed by atoms with van der Waals surface area (Å²) in [6.07, 6.45) is 0. The Morgan fingerprint density at radius 2 is 1.78 bits per heavy atom. The molecule has 0 saturated carbocycles. The van der Waals surface area contributed by atoms with Crippen molar-refractivity contribution in [3.8, 4) is 5.75 Å². The third-order valence-electron chi connectivity index (χ3n) is 2.14. The van der Waals surface area contributed by atoms with Crippen molar-refractivity contribution < 1.29 is 9.47 Å². The second kappa shape index (κ2) is 8.41. The summed E-state index contributed by atoms with van der Waals surface area (Å²) in [5.41, 5.74) is 1.04. The topological polar surface area (TPSA) is 18.5 Å². The highest BCUT2D eigenvalue weighted by molar-refractivity contribution is 9.11. The van der Waals surface area contributed by atoms with Crippen molar-refractivity contribution in [1.82, 2.24) is 0 Å². The zero-order valence-corrected chi connectivity index (χ0v) is 14.4. The Morgan fingerprint density at radius 3 is 2.28 bits per heavy atom. The van der Waals surface area contributed by atoms with Gasteiger partial charge in [0.05, 0.1) is 15.6 Å². The molecule has 0 fully saturated rings. The number of benzene rings is 1. The van der Waals surface area contributed by atoms with Gasteiger partial charge in [0, 0.05) is 12.5 Å². The summed E-state index contributed by atoms with van der Waals surface area (Å²) in [6, 6.07) is 3.92. The first kappa shape index (κ1) is 16.3. The average Bonchev–Trinajstić information content (AvgIpc) is 2.31. The molecule has 102 valence electrons. The fourth-order valence-electron chi connectivity index (χ4n) is 1.35. The molecule has 0 N–H and O–H groups in total. The van der Waals surface area contributed by atoms with Gasteiger partial charge in [-0.3, -0.25) is 0 Å². The Balaban J connectivity index is 2.47. The molecule has 0 bridgehead atoms. The standard InChI is InChI=1S/C13H17Br2ClO2/c1-9(2)8-17-3-4-18-13-11(14)5-10(7-16)6-12(13)15/h5-6,9H,3-4,7-8H2,1-2H3. The zero-order chi connectivity index (χ0) is 13.5. The number of halogens is 3. The van der Waals surface area contributed by atoms with Gasteiger partial charge in [-0.25, -0.2) is 0 Å². The van der Waals surface area contributed by atoms with E-state index in [4.69, 9.17) is 21.1 Å². The molecular formula is C13H17Br2ClO2. The van der Waals surface area contributed by atoms with Gasteiger partial charge in [0.25, 0.3) is 0 Å². The van der Waals surface area contributed by atoms with Gasteiger partial charge in [0.2, 0.25) is 0 Å². The first-order valence-corrected chi connectivity index (χ1v) is 7.91. The molecule has 0 amide bonds. The highest BCUT2D eigenvalue weighted by Gasteiger charge is 2.08. The van der Waals surface area contributed by atoms with E-state index in [2.05, 4.69) is 45.7 Å². The lowest BCUT2D eigenvalue weighted by Crippen LogP contribution is -2.10. The van der Waals surface area contributed by atoms with Crippen LogP contribution in [0.5, 0.6) is 5.75 Å². The maximum absolute atomic E-state index is 5.80. The summed E-state index contributed by atoms with van der Waals surface area (Å²) < 4.78 is 13.0. The minimum absolute atomic E-state index is 0.481. The Kier molecular flexibility index (Phi) is 7.61. The largest absolute Gasteiger partial charge is 0.489 e. The van der Waals surface area contributed by atoms with Gasteiger partial charge in [0.15, 0.2) is 0 Å². The van der Waals surface area contributed by atoms with E-state index in [1.165, 1.54) is 0 Å². The minimum Gasteiger partial charge on any atom is -0.489 e. The second-order valence-electron chi connectivity index (χ2n) is 4.34. The molecule has 18 heavy (non-hydrogen) atoms. The first-order valence-electron chi connectivity index (χ1n) is 5.79. The number of hydrogen-bond donors (Lipinski definition) is 0. The summed E-state index contributed by atoms with van der Waals surface area (Å²) in [4.78, 5) is 0. The van der Waals surface area contributed by atoms with Crippen molar-refractivity contribution >= 4 is 43.5 Å². The average molecular weight is 401 g/mol. The normalized spacial score (nSPS) is 11.0. The molecule has 1 aromatic rings. The smallest absolute Gasteiger partial charge is 0.147 e. The quantitative estimate of drug-likeness (QED) is 0.474. The Morgan fingerprint density at radius 1 is 1.17 bits per heavy atom. The molecule has 0 spiro atoms. The Hall–Kier alpha value is 0.230. The van der Waals surface area contributed by atoms with Gasteiger partial charge in [-0.1, -0.05) is 13.8 Å². The van der Waals surface area contributed by atoms with Crippen LogP contribution < -0.4 is 4.74 Å². The van der Waals surface area contributed by atoms with Crippen LogP contribution >= 0.6 is 43.5 Å². The predicted molar refractivity (Wildman–Crippen MR) is 82.6 cm³/mol. The van der Waals surface area contributed by atoms with Crippen LogP contribution in [-0.2, 0) is 10.6 Å². The summed E-state index contributed by atoms with van der Waals surface area (Å²) in [5.74, 6) is 1.82. The SMILES string of the molecule is CC(C)COCCOc1c(Br)cc(CCl)cc1Br. The second-order valence-corrected chi connectivity index (χ2v) is 6.32. The van der Waals surface area contributed by atoms with Crippen molar-refractivity contribution in [3.05, 3.63) is 26.6 Å². The summed E-state index contributed by atoms with van der Waals surface area (Å²) in [5, 5.41) is 0. The Bertz CT molecular complexity index is 360. The number of ether oxygens (including phenoxy) is 2. The zero-order valence-electron chi connectivity index (χ0n) is 10.5. The van der Waals surface area contributed by atoms with Crippen LogP contribution in [0.1, 0.15) is 19.4 Å². The number of alkyl halides is 1.